The first-order chi connectivity index (χ1) is 6.93. The second-order valence-corrected chi connectivity index (χ2v) is 4.06. The third kappa shape index (κ3) is 4.32. The van der Waals surface area contributed by atoms with Crippen LogP contribution in [0.25, 0.3) is 0 Å². The first-order valence-electron chi connectivity index (χ1n) is 5.32. The summed E-state index contributed by atoms with van der Waals surface area (Å²) in [7, 11) is 1.33. The molecule has 0 bridgehead atoms. The molecular formula is C11H21NO3. The molecule has 0 radical (unpaired) electrons. The smallest absolute Gasteiger partial charge is 0.328 e. The normalized spacial score (nSPS) is 14.5. The average molecular weight is 215 g/mol. The fourth-order valence-electron chi connectivity index (χ4n) is 1.11. The predicted molar refractivity (Wildman–Crippen MR) is 58.2 cm³/mol. The van der Waals surface area contributed by atoms with E-state index in [-0.39, 0.29) is 23.7 Å². The summed E-state index contributed by atoms with van der Waals surface area (Å²) in [5, 5.41) is 2.70. The number of rotatable bonds is 5. The van der Waals surface area contributed by atoms with Gasteiger partial charge >= 0.3 is 5.97 Å². The number of esters is 1. The molecule has 0 spiro atoms. The molecule has 0 rings (SSSR count). The van der Waals surface area contributed by atoms with Crippen molar-refractivity contribution < 1.29 is 14.3 Å². The SMILES string of the molecule is CCC(C)C(=O)NC(C(=O)OC)C(C)C. The van der Waals surface area contributed by atoms with Crippen LogP contribution in [-0.4, -0.2) is 25.0 Å². The monoisotopic (exact) mass is 215 g/mol. The van der Waals surface area contributed by atoms with Crippen molar-refractivity contribution in [3.05, 3.63) is 0 Å². The molecule has 4 nitrogen and oxygen atoms in total. The zero-order chi connectivity index (χ0) is 12.0. The summed E-state index contributed by atoms with van der Waals surface area (Å²) in [6.07, 6.45) is 0.762. The highest BCUT2D eigenvalue weighted by molar-refractivity contribution is 5.85. The average Bonchev–Trinajstić information content (AvgIpc) is 2.22. The highest BCUT2D eigenvalue weighted by atomic mass is 16.5. The van der Waals surface area contributed by atoms with Gasteiger partial charge in [-0.05, 0) is 12.3 Å². The van der Waals surface area contributed by atoms with Gasteiger partial charge in [0.25, 0.3) is 0 Å². The Labute approximate surface area is 91.4 Å². The fraction of sp³-hybridized carbons (Fsp3) is 0.818. The Kier molecular flexibility index (Phi) is 5.97. The summed E-state index contributed by atoms with van der Waals surface area (Å²) in [5.74, 6) is -0.524. The second-order valence-electron chi connectivity index (χ2n) is 4.06. The van der Waals surface area contributed by atoms with Crippen LogP contribution in [0.4, 0.5) is 0 Å². The van der Waals surface area contributed by atoms with Crippen LogP contribution in [0.1, 0.15) is 34.1 Å². The molecule has 0 fully saturated rings. The molecule has 2 unspecified atom stereocenters. The molecule has 0 aromatic carbocycles. The van der Waals surface area contributed by atoms with E-state index < -0.39 is 6.04 Å². The topological polar surface area (TPSA) is 55.4 Å². The maximum absolute atomic E-state index is 11.6. The summed E-state index contributed by atoms with van der Waals surface area (Å²) in [5.41, 5.74) is 0. The molecule has 15 heavy (non-hydrogen) atoms. The number of ether oxygens (including phenoxy) is 1. The third-order valence-corrected chi connectivity index (χ3v) is 2.48. The van der Waals surface area contributed by atoms with Crippen molar-refractivity contribution in [2.45, 2.75) is 40.2 Å². The maximum Gasteiger partial charge on any atom is 0.328 e. The number of amides is 1. The van der Waals surface area contributed by atoms with Crippen molar-refractivity contribution in [1.29, 1.82) is 0 Å². The van der Waals surface area contributed by atoms with E-state index in [1.54, 1.807) is 0 Å². The number of nitrogens with one attached hydrogen (secondary N) is 1. The number of methoxy groups -OCH3 is 1. The van der Waals surface area contributed by atoms with E-state index >= 15 is 0 Å². The number of carbonyl (C=O) groups excluding carboxylic acids is 2. The maximum atomic E-state index is 11.6. The molecule has 0 aliphatic carbocycles. The molecule has 0 aliphatic heterocycles. The second kappa shape index (κ2) is 6.43. The molecular weight excluding hydrogens is 194 g/mol. The Hall–Kier alpha value is -1.06. The van der Waals surface area contributed by atoms with E-state index in [1.807, 2.05) is 27.7 Å². The molecule has 0 saturated carbocycles. The van der Waals surface area contributed by atoms with Crippen LogP contribution in [-0.2, 0) is 14.3 Å². The van der Waals surface area contributed by atoms with E-state index in [4.69, 9.17) is 0 Å². The summed E-state index contributed by atoms with van der Waals surface area (Å²) in [6, 6.07) is -0.545. The molecule has 2 atom stereocenters. The zero-order valence-electron chi connectivity index (χ0n) is 10.2. The fourth-order valence-corrected chi connectivity index (χ4v) is 1.11. The van der Waals surface area contributed by atoms with Gasteiger partial charge in [0.15, 0.2) is 0 Å². The van der Waals surface area contributed by atoms with Crippen molar-refractivity contribution in [2.24, 2.45) is 11.8 Å². The molecule has 0 heterocycles. The molecule has 88 valence electrons. The minimum atomic E-state index is -0.545. The molecule has 1 amide bonds. The zero-order valence-corrected chi connectivity index (χ0v) is 10.2. The molecule has 0 aromatic rings. The first kappa shape index (κ1) is 13.9. The van der Waals surface area contributed by atoms with E-state index in [0.717, 1.165) is 6.42 Å². The summed E-state index contributed by atoms with van der Waals surface area (Å²) >= 11 is 0. The minimum absolute atomic E-state index is 0.0328. The van der Waals surface area contributed by atoms with Crippen molar-refractivity contribution in [1.82, 2.24) is 5.32 Å². The molecule has 0 saturated heterocycles. The van der Waals surface area contributed by atoms with E-state index in [2.05, 4.69) is 10.1 Å². The lowest BCUT2D eigenvalue weighted by Gasteiger charge is -2.21. The summed E-state index contributed by atoms with van der Waals surface area (Å²) < 4.78 is 4.63. The van der Waals surface area contributed by atoms with Gasteiger partial charge < -0.3 is 10.1 Å². The summed E-state index contributed by atoms with van der Waals surface area (Å²) in [6.45, 7) is 7.52. The van der Waals surface area contributed by atoms with Gasteiger partial charge in [-0.25, -0.2) is 4.79 Å². The Morgan fingerprint density at radius 3 is 2.13 bits per heavy atom. The lowest BCUT2D eigenvalue weighted by Crippen LogP contribution is -2.46. The quantitative estimate of drug-likeness (QED) is 0.704. The van der Waals surface area contributed by atoms with Gasteiger partial charge in [0.2, 0.25) is 5.91 Å². The van der Waals surface area contributed by atoms with Crippen LogP contribution < -0.4 is 5.32 Å². The Bertz CT molecular complexity index is 226. The minimum Gasteiger partial charge on any atom is -0.467 e. The highest BCUT2D eigenvalue weighted by Crippen LogP contribution is 2.07. The lowest BCUT2D eigenvalue weighted by molar-refractivity contribution is -0.146. The molecule has 0 aliphatic rings. The molecule has 1 N–H and O–H groups in total. The molecule has 0 aromatic heterocycles. The van der Waals surface area contributed by atoms with Crippen molar-refractivity contribution in [3.63, 3.8) is 0 Å². The van der Waals surface area contributed by atoms with E-state index in [9.17, 15) is 9.59 Å². The van der Waals surface area contributed by atoms with Crippen molar-refractivity contribution >= 4 is 11.9 Å². The van der Waals surface area contributed by atoms with Gasteiger partial charge in [0, 0.05) is 5.92 Å². The first-order valence-corrected chi connectivity index (χ1v) is 5.32. The van der Waals surface area contributed by atoms with Gasteiger partial charge in [-0.1, -0.05) is 27.7 Å². The van der Waals surface area contributed by atoms with Gasteiger partial charge in [0.05, 0.1) is 7.11 Å². The Balaban J connectivity index is 4.42. The van der Waals surface area contributed by atoms with Gasteiger partial charge in [-0.2, -0.15) is 0 Å². The number of hydrogen-bond acceptors (Lipinski definition) is 3. The van der Waals surface area contributed by atoms with E-state index in [0.29, 0.717) is 0 Å². The van der Waals surface area contributed by atoms with Crippen LogP contribution in [0.3, 0.4) is 0 Å². The highest BCUT2D eigenvalue weighted by Gasteiger charge is 2.26. The molecule has 4 heteroatoms. The largest absolute Gasteiger partial charge is 0.467 e. The van der Waals surface area contributed by atoms with Crippen LogP contribution in [0.5, 0.6) is 0 Å². The lowest BCUT2D eigenvalue weighted by atomic mass is 10.0. The van der Waals surface area contributed by atoms with Crippen LogP contribution in [0, 0.1) is 11.8 Å². The van der Waals surface area contributed by atoms with Gasteiger partial charge in [0.1, 0.15) is 6.04 Å². The van der Waals surface area contributed by atoms with E-state index in [1.165, 1.54) is 7.11 Å². The van der Waals surface area contributed by atoms with Crippen molar-refractivity contribution in [3.8, 4) is 0 Å². The Morgan fingerprint density at radius 2 is 1.80 bits per heavy atom. The van der Waals surface area contributed by atoms with Crippen molar-refractivity contribution in [2.75, 3.05) is 7.11 Å². The van der Waals surface area contributed by atoms with Crippen LogP contribution in [0.15, 0.2) is 0 Å². The summed E-state index contributed by atoms with van der Waals surface area (Å²) in [4.78, 5) is 23.0. The predicted octanol–water partition coefficient (Wildman–Crippen LogP) is 1.35. The third-order valence-electron chi connectivity index (χ3n) is 2.48. The van der Waals surface area contributed by atoms with Gasteiger partial charge in [-0.15, -0.1) is 0 Å². The standard InChI is InChI=1S/C11H21NO3/c1-6-8(4)10(13)12-9(7(2)3)11(14)15-5/h7-9H,6H2,1-5H3,(H,12,13). The van der Waals surface area contributed by atoms with Crippen LogP contribution >= 0.6 is 0 Å². The Morgan fingerprint density at radius 1 is 1.27 bits per heavy atom. The number of carbonyl (C=O) groups is 2. The van der Waals surface area contributed by atoms with Crippen LogP contribution in [0.2, 0.25) is 0 Å². The number of hydrogen-bond donors (Lipinski definition) is 1. The van der Waals surface area contributed by atoms with Gasteiger partial charge in [-0.3, -0.25) is 4.79 Å².